The molecule has 1 aromatic heterocycles. The molecule has 4 N–H and O–H groups in total. The largest absolute Gasteiger partial charge is 0.386 e. The fourth-order valence-corrected chi connectivity index (χ4v) is 3.89. The van der Waals surface area contributed by atoms with Crippen LogP contribution in [0.3, 0.4) is 0 Å². The first-order valence-electron chi connectivity index (χ1n) is 10.6. The molecule has 0 fully saturated rings. The van der Waals surface area contributed by atoms with E-state index >= 15 is 0 Å². The van der Waals surface area contributed by atoms with Crippen LogP contribution < -0.4 is 21.3 Å². The molecule has 0 saturated heterocycles. The van der Waals surface area contributed by atoms with Gasteiger partial charge in [0.1, 0.15) is 0 Å². The van der Waals surface area contributed by atoms with E-state index in [2.05, 4.69) is 51.6 Å². The number of nitrogens with zero attached hydrogens (tertiary/aromatic N) is 2. The molecule has 0 aliphatic rings. The van der Waals surface area contributed by atoms with Crippen LogP contribution in [0.1, 0.15) is 0 Å². The second-order valence-electron chi connectivity index (χ2n) is 7.29. The summed E-state index contributed by atoms with van der Waals surface area (Å²) in [6.07, 6.45) is 0. The molecule has 0 unspecified atom stereocenters. The minimum atomic E-state index is 0.646. The van der Waals surface area contributed by atoms with Crippen LogP contribution in [0.5, 0.6) is 0 Å². The quantitative estimate of drug-likeness (QED) is 0.307. The zero-order chi connectivity index (χ0) is 22.5. The minimum Gasteiger partial charge on any atom is -0.386 e. The fraction of sp³-hybridized carbons (Fsp3) is 0.154. The highest BCUT2D eigenvalue weighted by atomic mass is 15.0. The summed E-state index contributed by atoms with van der Waals surface area (Å²) in [5.41, 5.74) is 8.52. The molecule has 0 aliphatic carbocycles. The van der Waals surface area contributed by atoms with E-state index < -0.39 is 0 Å². The van der Waals surface area contributed by atoms with Gasteiger partial charge in [0.05, 0.1) is 39.7 Å². The van der Waals surface area contributed by atoms with Crippen molar-refractivity contribution >= 4 is 22.7 Å². The molecule has 0 bridgehead atoms. The van der Waals surface area contributed by atoms with Gasteiger partial charge in [-0.25, -0.2) is 9.97 Å². The Kier molecular flexibility index (Phi) is 6.22. The predicted molar refractivity (Wildman–Crippen MR) is 137 cm³/mol. The number of rotatable bonds is 7. The van der Waals surface area contributed by atoms with Crippen molar-refractivity contribution < 1.29 is 0 Å². The molecule has 0 aliphatic heterocycles. The molecule has 162 valence electrons. The zero-order valence-corrected chi connectivity index (χ0v) is 18.8. The zero-order valence-electron chi connectivity index (χ0n) is 18.8. The molecule has 3 aromatic carbocycles. The fourth-order valence-electron chi connectivity index (χ4n) is 3.89. The van der Waals surface area contributed by atoms with E-state index in [0.717, 1.165) is 50.8 Å². The topological polar surface area (TPSA) is 73.9 Å². The number of nitrogens with one attached hydrogen (secondary N) is 4. The molecular weight excluding hydrogens is 396 g/mol. The Morgan fingerprint density at radius 2 is 0.969 bits per heavy atom. The Morgan fingerprint density at radius 3 is 1.34 bits per heavy atom. The molecule has 6 nitrogen and oxygen atoms in total. The van der Waals surface area contributed by atoms with Crippen molar-refractivity contribution in [3.63, 3.8) is 0 Å². The molecule has 6 heteroatoms. The number of hydrogen-bond acceptors (Lipinski definition) is 6. The summed E-state index contributed by atoms with van der Waals surface area (Å²) in [5.74, 6) is 0.646. The summed E-state index contributed by atoms with van der Waals surface area (Å²) >= 11 is 0. The third-order valence-electron chi connectivity index (χ3n) is 5.45. The van der Waals surface area contributed by atoms with Gasteiger partial charge in [-0.1, -0.05) is 60.7 Å². The Hall–Kier alpha value is -4.06. The van der Waals surface area contributed by atoms with Crippen LogP contribution in [0.15, 0.2) is 72.8 Å². The lowest BCUT2D eigenvalue weighted by atomic mass is 10.0. The lowest BCUT2D eigenvalue weighted by Crippen LogP contribution is -2.08. The number of hydrogen-bond donors (Lipinski definition) is 4. The Bertz CT molecular complexity index is 1120. The van der Waals surface area contributed by atoms with Gasteiger partial charge in [-0.2, -0.15) is 0 Å². The normalized spacial score (nSPS) is 10.5. The van der Waals surface area contributed by atoms with Gasteiger partial charge < -0.3 is 21.3 Å². The van der Waals surface area contributed by atoms with Crippen molar-refractivity contribution in [2.24, 2.45) is 0 Å². The standard InChI is InChI=1S/C26H28N6/c1-27-21-16-22(28-2)25(30-4)23(24(21)29-3)26-31-19(17-11-7-5-8-12-17)15-20(32-26)18-13-9-6-10-14-18/h5-16,27-30H,1-4H3. The Labute approximate surface area is 189 Å². The Morgan fingerprint density at radius 1 is 0.531 bits per heavy atom. The Balaban J connectivity index is 2.06. The van der Waals surface area contributed by atoms with Crippen LogP contribution >= 0.6 is 0 Å². The van der Waals surface area contributed by atoms with E-state index in [1.54, 1.807) is 0 Å². The molecule has 4 rings (SSSR count). The summed E-state index contributed by atoms with van der Waals surface area (Å²) in [6.45, 7) is 0. The number of benzene rings is 3. The summed E-state index contributed by atoms with van der Waals surface area (Å²) in [7, 11) is 7.65. The maximum absolute atomic E-state index is 5.02. The minimum absolute atomic E-state index is 0.646. The van der Waals surface area contributed by atoms with E-state index in [1.165, 1.54) is 0 Å². The molecule has 4 aromatic rings. The van der Waals surface area contributed by atoms with Crippen LogP contribution in [-0.4, -0.2) is 38.2 Å². The monoisotopic (exact) mass is 424 g/mol. The van der Waals surface area contributed by atoms with E-state index in [1.807, 2.05) is 70.7 Å². The average molecular weight is 425 g/mol. The second kappa shape index (κ2) is 9.39. The van der Waals surface area contributed by atoms with Crippen molar-refractivity contribution in [3.05, 3.63) is 72.8 Å². The van der Waals surface area contributed by atoms with Gasteiger partial charge in [0, 0.05) is 39.3 Å². The highest BCUT2D eigenvalue weighted by Gasteiger charge is 2.21. The van der Waals surface area contributed by atoms with Crippen molar-refractivity contribution in [2.45, 2.75) is 0 Å². The van der Waals surface area contributed by atoms with Gasteiger partial charge in [-0.3, -0.25) is 0 Å². The van der Waals surface area contributed by atoms with E-state index in [9.17, 15) is 0 Å². The molecule has 0 saturated carbocycles. The number of aromatic nitrogens is 2. The molecule has 0 radical (unpaired) electrons. The lowest BCUT2D eigenvalue weighted by molar-refractivity contribution is 1.18. The van der Waals surface area contributed by atoms with E-state index in [-0.39, 0.29) is 0 Å². The van der Waals surface area contributed by atoms with Gasteiger partial charge >= 0.3 is 0 Å². The summed E-state index contributed by atoms with van der Waals surface area (Å²) in [6, 6.07) is 24.5. The molecule has 0 spiro atoms. The van der Waals surface area contributed by atoms with Crippen molar-refractivity contribution in [1.29, 1.82) is 0 Å². The van der Waals surface area contributed by atoms with Crippen molar-refractivity contribution in [1.82, 2.24) is 9.97 Å². The van der Waals surface area contributed by atoms with Gasteiger partial charge in [0.15, 0.2) is 5.82 Å². The maximum Gasteiger partial charge on any atom is 0.164 e. The molecule has 0 atom stereocenters. The summed E-state index contributed by atoms with van der Waals surface area (Å²) < 4.78 is 0. The maximum atomic E-state index is 5.02. The first-order valence-corrected chi connectivity index (χ1v) is 10.6. The van der Waals surface area contributed by atoms with Gasteiger partial charge in [-0.15, -0.1) is 0 Å². The first kappa shape index (κ1) is 21.2. The van der Waals surface area contributed by atoms with Crippen molar-refractivity contribution in [2.75, 3.05) is 49.5 Å². The van der Waals surface area contributed by atoms with Gasteiger partial charge in [-0.05, 0) is 12.1 Å². The highest BCUT2D eigenvalue weighted by molar-refractivity contribution is 6.00. The predicted octanol–water partition coefficient (Wildman–Crippen LogP) is 5.64. The van der Waals surface area contributed by atoms with E-state index in [0.29, 0.717) is 5.82 Å². The molecule has 1 heterocycles. The third kappa shape index (κ3) is 3.95. The van der Waals surface area contributed by atoms with Crippen LogP contribution in [0.2, 0.25) is 0 Å². The SMILES string of the molecule is CNc1cc(NC)c(NC)c(-c2nc(-c3ccccc3)cc(-c3ccccc3)n2)c1NC. The molecule has 0 amide bonds. The van der Waals surface area contributed by atoms with Crippen molar-refractivity contribution in [3.8, 4) is 33.9 Å². The van der Waals surface area contributed by atoms with Gasteiger partial charge in [0.25, 0.3) is 0 Å². The van der Waals surface area contributed by atoms with Crippen LogP contribution in [0.25, 0.3) is 33.9 Å². The molecular formula is C26H28N6. The summed E-state index contributed by atoms with van der Waals surface area (Å²) in [5, 5.41) is 13.3. The molecule has 32 heavy (non-hydrogen) atoms. The van der Waals surface area contributed by atoms with E-state index in [4.69, 9.17) is 9.97 Å². The second-order valence-corrected chi connectivity index (χ2v) is 7.29. The third-order valence-corrected chi connectivity index (χ3v) is 5.45. The van der Waals surface area contributed by atoms with Crippen LogP contribution in [0, 0.1) is 0 Å². The lowest BCUT2D eigenvalue weighted by Gasteiger charge is -2.21. The first-order chi connectivity index (χ1) is 15.7. The summed E-state index contributed by atoms with van der Waals surface area (Å²) in [4.78, 5) is 10.0. The smallest absolute Gasteiger partial charge is 0.164 e. The van der Waals surface area contributed by atoms with Gasteiger partial charge in [0.2, 0.25) is 0 Å². The average Bonchev–Trinajstić information content (AvgIpc) is 2.87. The van der Waals surface area contributed by atoms with Crippen LogP contribution in [-0.2, 0) is 0 Å². The number of anilines is 4. The van der Waals surface area contributed by atoms with Crippen LogP contribution in [0.4, 0.5) is 22.7 Å². The highest BCUT2D eigenvalue weighted by Crippen LogP contribution is 2.44.